The second kappa shape index (κ2) is 9.41. The van der Waals surface area contributed by atoms with Crippen molar-refractivity contribution in [1.29, 1.82) is 0 Å². The number of esters is 1. The number of carbonyl (C=O) groups excluding carboxylic acids is 2. The molecule has 0 spiro atoms. The number of likely N-dealkylation sites (N-methyl/N-ethyl adjacent to an activating group) is 1. The van der Waals surface area contributed by atoms with Crippen LogP contribution in [0.1, 0.15) is 17.0 Å². The average Bonchev–Trinajstić information content (AvgIpc) is 3.17. The molecule has 1 aromatic heterocycles. The van der Waals surface area contributed by atoms with Gasteiger partial charge in [-0.15, -0.1) is 5.10 Å². The number of carbonyl (C=O) groups is 2. The fourth-order valence-electron chi connectivity index (χ4n) is 2.62. The van der Waals surface area contributed by atoms with Crippen molar-refractivity contribution in [2.45, 2.75) is 13.5 Å². The van der Waals surface area contributed by atoms with Crippen LogP contribution < -0.4 is 0 Å². The lowest BCUT2D eigenvalue weighted by atomic mass is 10.2. The summed E-state index contributed by atoms with van der Waals surface area (Å²) in [4.78, 5) is 26.6. The third-order valence-electron chi connectivity index (χ3n) is 4.18. The molecule has 1 heterocycles. The summed E-state index contributed by atoms with van der Waals surface area (Å²) in [6.45, 7) is 1.72. The van der Waals surface area contributed by atoms with Gasteiger partial charge in [0, 0.05) is 13.6 Å². The fourth-order valence-corrected chi connectivity index (χ4v) is 2.62. The van der Waals surface area contributed by atoms with Gasteiger partial charge in [0.15, 0.2) is 18.1 Å². The maximum Gasteiger partial charge on any atom is 0.357 e. The van der Waals surface area contributed by atoms with E-state index in [2.05, 4.69) is 15.5 Å². The monoisotopic (exact) mass is 391 g/mol. The van der Waals surface area contributed by atoms with Crippen LogP contribution in [0.4, 0.5) is 0 Å². The van der Waals surface area contributed by atoms with Crippen LogP contribution in [0.5, 0.6) is 0 Å². The van der Waals surface area contributed by atoms with Gasteiger partial charge in [-0.25, -0.2) is 4.79 Å². The van der Waals surface area contributed by atoms with Gasteiger partial charge < -0.3 is 9.64 Å². The van der Waals surface area contributed by atoms with Crippen molar-refractivity contribution in [3.05, 3.63) is 77.6 Å². The minimum Gasteiger partial charge on any atom is -0.451 e. The Balaban J connectivity index is 1.69. The number of hydrogen-bond donors (Lipinski definition) is 0. The van der Waals surface area contributed by atoms with Crippen molar-refractivity contribution >= 4 is 23.6 Å². The highest BCUT2D eigenvalue weighted by molar-refractivity contribution is 6.15. The van der Waals surface area contributed by atoms with Crippen molar-refractivity contribution in [1.82, 2.24) is 25.1 Å². The van der Waals surface area contributed by atoms with E-state index >= 15 is 0 Å². The molecule has 0 unspecified atom stereocenters. The van der Waals surface area contributed by atoms with E-state index in [1.54, 1.807) is 20.0 Å². The first-order valence-electron chi connectivity index (χ1n) is 9.01. The Labute approximate surface area is 168 Å². The molecule has 2 aromatic carbocycles. The summed E-state index contributed by atoms with van der Waals surface area (Å²) in [6.07, 6.45) is 1.61. The molecule has 8 heteroatoms. The maximum atomic E-state index is 12.7. The molecule has 0 aliphatic carbocycles. The van der Waals surface area contributed by atoms with Gasteiger partial charge >= 0.3 is 5.97 Å². The van der Waals surface area contributed by atoms with Crippen molar-refractivity contribution in [2.24, 2.45) is 0 Å². The summed E-state index contributed by atoms with van der Waals surface area (Å²) < 4.78 is 6.55. The number of nitrogens with zero attached hydrogens (tertiary/aromatic N) is 5. The molecule has 3 rings (SSSR count). The number of aryl methyl sites for hydroxylation is 1. The third-order valence-corrected chi connectivity index (χ3v) is 4.18. The first-order valence-corrected chi connectivity index (χ1v) is 9.01. The number of rotatable bonds is 7. The van der Waals surface area contributed by atoms with Crippen LogP contribution in [-0.2, 0) is 20.9 Å². The molecule has 0 N–H and O–H groups in total. The minimum absolute atomic E-state index is 0.122. The predicted octanol–water partition coefficient (Wildman–Crippen LogP) is 2.18. The summed E-state index contributed by atoms with van der Waals surface area (Å²) in [5.41, 5.74) is 1.89. The lowest BCUT2D eigenvalue weighted by Crippen LogP contribution is -2.31. The van der Waals surface area contributed by atoms with E-state index in [0.717, 1.165) is 11.1 Å². The van der Waals surface area contributed by atoms with E-state index in [1.807, 2.05) is 60.7 Å². The molecule has 0 atom stereocenters. The van der Waals surface area contributed by atoms with E-state index in [4.69, 9.17) is 4.74 Å². The summed E-state index contributed by atoms with van der Waals surface area (Å²) in [5, 5.41) is 11.2. The van der Waals surface area contributed by atoms with E-state index in [9.17, 15) is 9.59 Å². The molecular weight excluding hydrogens is 370 g/mol. The van der Waals surface area contributed by atoms with E-state index in [1.165, 1.54) is 9.58 Å². The van der Waals surface area contributed by atoms with Crippen LogP contribution in [0.3, 0.4) is 0 Å². The van der Waals surface area contributed by atoms with Gasteiger partial charge in [-0.2, -0.15) is 4.68 Å². The van der Waals surface area contributed by atoms with Gasteiger partial charge in [0.05, 0.1) is 0 Å². The highest BCUT2D eigenvalue weighted by Crippen LogP contribution is 2.14. The van der Waals surface area contributed by atoms with Crippen LogP contribution in [-0.4, -0.2) is 50.6 Å². The first-order chi connectivity index (χ1) is 14.0. The van der Waals surface area contributed by atoms with E-state index in [-0.39, 0.29) is 18.2 Å². The van der Waals surface area contributed by atoms with Gasteiger partial charge in [-0.1, -0.05) is 60.7 Å². The molecule has 148 valence electrons. The zero-order valence-corrected chi connectivity index (χ0v) is 16.2. The number of aromatic nitrogens is 4. The Bertz CT molecular complexity index is 999. The average molecular weight is 391 g/mol. The molecule has 0 fully saturated rings. The summed E-state index contributed by atoms with van der Waals surface area (Å²) in [5.74, 6) is -0.572. The zero-order chi connectivity index (χ0) is 20.6. The Morgan fingerprint density at radius 2 is 1.72 bits per heavy atom. The van der Waals surface area contributed by atoms with Gasteiger partial charge in [0.2, 0.25) is 0 Å². The Morgan fingerprint density at radius 3 is 2.34 bits per heavy atom. The Kier molecular flexibility index (Phi) is 6.47. The van der Waals surface area contributed by atoms with E-state index < -0.39 is 5.97 Å². The van der Waals surface area contributed by atoms with Crippen LogP contribution in [0.15, 0.2) is 60.7 Å². The molecule has 3 aromatic rings. The van der Waals surface area contributed by atoms with Crippen molar-refractivity contribution in [3.63, 3.8) is 0 Å². The summed E-state index contributed by atoms with van der Waals surface area (Å²) in [7, 11) is 1.66. The van der Waals surface area contributed by atoms with Gasteiger partial charge in [-0.3, -0.25) is 4.79 Å². The van der Waals surface area contributed by atoms with E-state index in [0.29, 0.717) is 12.4 Å². The standard InChI is InChI=1S/C21H21N5O3/c1-16-22-23-24-26(16)19(13-17-9-5-3-6-10-17)21(28)29-15-20(27)25(2)14-18-11-7-4-8-12-18/h3-13H,14-15H2,1-2H3/b19-13-. The Hall–Kier alpha value is -3.81. The smallest absolute Gasteiger partial charge is 0.357 e. The lowest BCUT2D eigenvalue weighted by molar-refractivity contribution is -0.147. The molecule has 0 aliphatic heterocycles. The van der Waals surface area contributed by atoms with Gasteiger partial charge in [-0.05, 0) is 34.6 Å². The zero-order valence-electron chi connectivity index (χ0n) is 16.2. The normalized spacial score (nSPS) is 11.2. The van der Waals surface area contributed by atoms with Crippen molar-refractivity contribution in [3.8, 4) is 0 Å². The van der Waals surface area contributed by atoms with Crippen molar-refractivity contribution in [2.75, 3.05) is 13.7 Å². The first kappa shape index (κ1) is 19.9. The molecule has 0 aliphatic rings. The topological polar surface area (TPSA) is 90.2 Å². The van der Waals surface area contributed by atoms with Crippen LogP contribution >= 0.6 is 0 Å². The number of hydrogen-bond acceptors (Lipinski definition) is 6. The lowest BCUT2D eigenvalue weighted by Gasteiger charge is -2.17. The maximum absolute atomic E-state index is 12.7. The Morgan fingerprint density at radius 1 is 1.07 bits per heavy atom. The number of benzene rings is 2. The van der Waals surface area contributed by atoms with Crippen LogP contribution in [0.25, 0.3) is 11.8 Å². The predicted molar refractivity (Wildman–Crippen MR) is 107 cm³/mol. The fraction of sp³-hybridized carbons (Fsp3) is 0.190. The minimum atomic E-state index is -0.689. The van der Waals surface area contributed by atoms with Gasteiger partial charge in [0.25, 0.3) is 5.91 Å². The number of amides is 1. The SMILES string of the molecule is Cc1nnnn1/C(=C\c1ccccc1)C(=O)OCC(=O)N(C)Cc1ccccc1. The molecular formula is C21H21N5O3. The summed E-state index contributed by atoms with van der Waals surface area (Å²) >= 11 is 0. The highest BCUT2D eigenvalue weighted by Gasteiger charge is 2.20. The molecule has 8 nitrogen and oxygen atoms in total. The van der Waals surface area contributed by atoms with Crippen molar-refractivity contribution < 1.29 is 14.3 Å². The molecule has 0 saturated heterocycles. The van der Waals surface area contributed by atoms with Gasteiger partial charge in [0.1, 0.15) is 0 Å². The molecule has 29 heavy (non-hydrogen) atoms. The number of tetrazole rings is 1. The quantitative estimate of drug-likeness (QED) is 0.453. The molecule has 0 bridgehead atoms. The second-order valence-electron chi connectivity index (χ2n) is 6.39. The second-order valence-corrected chi connectivity index (χ2v) is 6.39. The molecule has 1 amide bonds. The largest absolute Gasteiger partial charge is 0.451 e. The molecule has 0 radical (unpaired) electrons. The number of ether oxygens (including phenoxy) is 1. The highest BCUT2D eigenvalue weighted by atomic mass is 16.5. The molecule has 0 saturated carbocycles. The third kappa shape index (κ3) is 5.35. The van der Waals surface area contributed by atoms with Crippen LogP contribution in [0.2, 0.25) is 0 Å². The van der Waals surface area contributed by atoms with Crippen LogP contribution in [0, 0.1) is 6.92 Å². The summed E-state index contributed by atoms with van der Waals surface area (Å²) in [6, 6.07) is 18.8.